The minimum Gasteiger partial charge on any atom is -0.308 e. The maximum atomic E-state index is 4.42. The minimum atomic E-state index is 0.792. The van der Waals surface area contributed by atoms with Crippen molar-refractivity contribution in [2.75, 3.05) is 0 Å². The Bertz CT molecular complexity index is 745. The molecule has 3 aromatic rings. The Morgan fingerprint density at radius 1 is 1.14 bits per heavy atom. The van der Waals surface area contributed by atoms with Gasteiger partial charge in [-0.3, -0.25) is 0 Å². The van der Waals surface area contributed by atoms with Gasteiger partial charge in [0, 0.05) is 37.1 Å². The van der Waals surface area contributed by atoms with Crippen LogP contribution in [0.15, 0.2) is 42.7 Å². The lowest BCUT2D eigenvalue weighted by Gasteiger charge is -2.09. The molecule has 0 bridgehead atoms. The quantitative estimate of drug-likeness (QED) is 0.781. The summed E-state index contributed by atoms with van der Waals surface area (Å²) in [6.07, 6.45) is 5.02. The molecule has 108 valence electrons. The maximum absolute atomic E-state index is 4.42. The molecule has 3 rings (SSSR count). The molecule has 0 aliphatic carbocycles. The van der Waals surface area contributed by atoms with E-state index < -0.39 is 0 Å². The summed E-state index contributed by atoms with van der Waals surface area (Å²) in [5, 5.41) is 7.88. The molecule has 0 saturated carbocycles. The van der Waals surface area contributed by atoms with Crippen molar-refractivity contribution in [3.8, 4) is 0 Å². The third-order valence-electron chi connectivity index (χ3n) is 3.63. The number of benzene rings is 1. The highest BCUT2D eigenvalue weighted by atomic mass is 15.2. The van der Waals surface area contributed by atoms with Crippen LogP contribution in [0.4, 0.5) is 0 Å². The van der Waals surface area contributed by atoms with Crippen molar-refractivity contribution in [3.63, 3.8) is 0 Å². The summed E-state index contributed by atoms with van der Waals surface area (Å²) in [6.45, 7) is 5.84. The Labute approximate surface area is 124 Å². The molecule has 1 aromatic carbocycles. The maximum Gasteiger partial charge on any atom is 0.155 e. The molecule has 4 heteroatoms. The first-order valence-corrected chi connectivity index (χ1v) is 7.34. The van der Waals surface area contributed by atoms with Crippen molar-refractivity contribution in [3.05, 3.63) is 65.1 Å². The van der Waals surface area contributed by atoms with Gasteiger partial charge in [0.15, 0.2) is 5.65 Å². The monoisotopic (exact) mass is 280 g/mol. The first kappa shape index (κ1) is 13.8. The number of nitrogens with zero attached hydrogens (tertiary/aromatic N) is 3. The molecule has 0 fully saturated rings. The van der Waals surface area contributed by atoms with Crippen molar-refractivity contribution >= 4 is 5.65 Å². The fourth-order valence-electron chi connectivity index (χ4n) is 2.54. The van der Waals surface area contributed by atoms with Crippen molar-refractivity contribution < 1.29 is 0 Å². The van der Waals surface area contributed by atoms with Gasteiger partial charge in [-0.2, -0.15) is 5.10 Å². The van der Waals surface area contributed by atoms with E-state index in [9.17, 15) is 0 Å². The smallest absolute Gasteiger partial charge is 0.155 e. The van der Waals surface area contributed by atoms with E-state index in [1.54, 1.807) is 0 Å². The molecular weight excluding hydrogens is 260 g/mol. The van der Waals surface area contributed by atoms with Crippen LogP contribution < -0.4 is 5.32 Å². The Morgan fingerprint density at radius 2 is 1.95 bits per heavy atom. The van der Waals surface area contributed by atoms with Crippen LogP contribution in [-0.2, 0) is 19.5 Å². The van der Waals surface area contributed by atoms with E-state index in [-0.39, 0.29) is 0 Å². The van der Waals surface area contributed by atoms with Crippen molar-refractivity contribution in [1.29, 1.82) is 0 Å². The average Bonchev–Trinajstić information content (AvgIpc) is 2.87. The molecule has 21 heavy (non-hydrogen) atoms. The van der Waals surface area contributed by atoms with E-state index in [0.717, 1.165) is 36.4 Å². The highest BCUT2D eigenvalue weighted by Gasteiger charge is 2.02. The number of fused-ring (bicyclic) bond motifs is 1. The van der Waals surface area contributed by atoms with E-state index in [2.05, 4.69) is 46.6 Å². The summed E-state index contributed by atoms with van der Waals surface area (Å²) in [4.78, 5) is 4.42. The zero-order chi connectivity index (χ0) is 14.7. The lowest BCUT2D eigenvalue weighted by Crippen LogP contribution is -2.14. The first-order valence-electron chi connectivity index (χ1n) is 7.34. The molecule has 0 amide bonds. The number of hydrogen-bond donors (Lipinski definition) is 1. The van der Waals surface area contributed by atoms with Crippen LogP contribution in [0.3, 0.4) is 0 Å². The molecule has 0 saturated heterocycles. The van der Waals surface area contributed by atoms with Gasteiger partial charge >= 0.3 is 0 Å². The molecule has 0 aliphatic rings. The molecule has 2 heterocycles. The molecule has 2 aromatic heterocycles. The van der Waals surface area contributed by atoms with Crippen LogP contribution in [-0.4, -0.2) is 14.6 Å². The van der Waals surface area contributed by atoms with Gasteiger partial charge in [0.05, 0.1) is 5.69 Å². The van der Waals surface area contributed by atoms with Gasteiger partial charge in [0.1, 0.15) is 0 Å². The van der Waals surface area contributed by atoms with E-state index in [4.69, 9.17) is 0 Å². The highest BCUT2D eigenvalue weighted by molar-refractivity contribution is 5.38. The second kappa shape index (κ2) is 6.06. The van der Waals surface area contributed by atoms with Gasteiger partial charge in [0.25, 0.3) is 0 Å². The van der Waals surface area contributed by atoms with Crippen LogP contribution in [0.5, 0.6) is 0 Å². The molecule has 0 atom stereocenters. The van der Waals surface area contributed by atoms with Gasteiger partial charge in [-0.25, -0.2) is 9.50 Å². The topological polar surface area (TPSA) is 42.2 Å². The summed E-state index contributed by atoms with van der Waals surface area (Å²) < 4.78 is 1.84. The van der Waals surface area contributed by atoms with Crippen LogP contribution in [0.1, 0.15) is 29.3 Å². The van der Waals surface area contributed by atoms with Crippen LogP contribution in [0.25, 0.3) is 5.65 Å². The van der Waals surface area contributed by atoms with E-state index >= 15 is 0 Å². The Balaban J connectivity index is 1.66. The largest absolute Gasteiger partial charge is 0.308 e. The third-order valence-corrected chi connectivity index (χ3v) is 3.63. The van der Waals surface area contributed by atoms with E-state index in [1.165, 1.54) is 11.1 Å². The average molecular weight is 280 g/mol. The van der Waals surface area contributed by atoms with E-state index in [0.29, 0.717) is 0 Å². The number of aromatic nitrogens is 3. The van der Waals surface area contributed by atoms with Gasteiger partial charge in [0.2, 0.25) is 0 Å². The number of aryl methyl sites for hydroxylation is 2. The first-order chi connectivity index (χ1) is 10.3. The van der Waals surface area contributed by atoms with Gasteiger partial charge in [-0.15, -0.1) is 0 Å². The Kier molecular flexibility index (Phi) is 3.97. The summed E-state index contributed by atoms with van der Waals surface area (Å²) in [5.41, 5.74) is 5.79. The fraction of sp³-hybridized carbons (Fsp3) is 0.294. The summed E-state index contributed by atoms with van der Waals surface area (Å²) in [7, 11) is 0. The molecular formula is C17H20N4. The van der Waals surface area contributed by atoms with Crippen molar-refractivity contribution in [2.24, 2.45) is 0 Å². The predicted octanol–water partition coefficient (Wildman–Crippen LogP) is 2.89. The zero-order valence-corrected chi connectivity index (χ0v) is 12.5. The second-order valence-electron chi connectivity index (χ2n) is 5.28. The third kappa shape index (κ3) is 3.11. The van der Waals surface area contributed by atoms with Crippen LogP contribution >= 0.6 is 0 Å². The second-order valence-corrected chi connectivity index (χ2v) is 5.28. The Morgan fingerprint density at radius 3 is 2.76 bits per heavy atom. The summed E-state index contributed by atoms with van der Waals surface area (Å²) in [6, 6.07) is 10.5. The van der Waals surface area contributed by atoms with Crippen LogP contribution in [0, 0.1) is 6.92 Å². The minimum absolute atomic E-state index is 0.792. The van der Waals surface area contributed by atoms with Crippen LogP contribution in [0.2, 0.25) is 0 Å². The molecule has 0 unspecified atom stereocenters. The van der Waals surface area contributed by atoms with Crippen molar-refractivity contribution in [1.82, 2.24) is 19.9 Å². The number of hydrogen-bond acceptors (Lipinski definition) is 3. The molecule has 0 radical (unpaired) electrons. The van der Waals surface area contributed by atoms with Crippen molar-refractivity contribution in [2.45, 2.75) is 33.4 Å². The highest BCUT2D eigenvalue weighted by Crippen LogP contribution is 2.10. The standard InChI is InChI=1S/C17H20N4/c1-3-15-6-4-5-7-16(15)11-18-9-14-10-19-17-8-13(2)20-21(17)12-14/h4-8,10,12,18H,3,9,11H2,1-2H3. The number of nitrogens with one attached hydrogen (secondary N) is 1. The molecule has 0 aliphatic heterocycles. The Hall–Kier alpha value is -2.20. The van der Waals surface area contributed by atoms with Gasteiger partial charge in [-0.1, -0.05) is 31.2 Å². The predicted molar refractivity (Wildman–Crippen MR) is 84.1 cm³/mol. The lowest BCUT2D eigenvalue weighted by molar-refractivity contribution is 0.681. The number of rotatable bonds is 5. The van der Waals surface area contributed by atoms with E-state index in [1.807, 2.05) is 29.9 Å². The molecule has 1 N–H and O–H groups in total. The molecule has 0 spiro atoms. The van der Waals surface area contributed by atoms with Gasteiger partial charge < -0.3 is 5.32 Å². The van der Waals surface area contributed by atoms with Gasteiger partial charge in [-0.05, 0) is 24.5 Å². The fourth-order valence-corrected chi connectivity index (χ4v) is 2.54. The zero-order valence-electron chi connectivity index (χ0n) is 12.5. The summed E-state index contributed by atoms with van der Waals surface area (Å²) in [5.74, 6) is 0. The normalized spacial score (nSPS) is 11.1. The lowest BCUT2D eigenvalue weighted by atomic mass is 10.1. The SMILES string of the molecule is CCc1ccccc1CNCc1cnc2cc(C)nn2c1. The summed E-state index contributed by atoms with van der Waals surface area (Å²) >= 11 is 0. The molecule has 4 nitrogen and oxygen atoms in total.